The molecule has 0 heterocycles. The fourth-order valence-corrected chi connectivity index (χ4v) is 3.40. The molecule has 0 aromatic heterocycles. The maximum atomic E-state index is 11.4. The first kappa shape index (κ1) is 22.5. The highest BCUT2D eigenvalue weighted by molar-refractivity contribution is 5.63. The van der Waals surface area contributed by atoms with Crippen LogP contribution in [-0.2, 0) is 0 Å². The summed E-state index contributed by atoms with van der Waals surface area (Å²) in [5.74, 6) is 0. The van der Waals surface area contributed by atoms with Gasteiger partial charge in [0, 0.05) is 19.2 Å². The summed E-state index contributed by atoms with van der Waals surface area (Å²) in [6.45, 7) is 6.31. The second-order valence-corrected chi connectivity index (χ2v) is 7.27. The molecule has 0 amide bonds. The predicted molar refractivity (Wildman–Crippen MR) is 112 cm³/mol. The van der Waals surface area contributed by atoms with Gasteiger partial charge in [0.1, 0.15) is 5.69 Å². The van der Waals surface area contributed by atoms with Crippen molar-refractivity contribution in [1.29, 1.82) is 0 Å². The summed E-state index contributed by atoms with van der Waals surface area (Å²) < 4.78 is 0. The van der Waals surface area contributed by atoms with Crippen LogP contribution in [0.25, 0.3) is 0 Å². The van der Waals surface area contributed by atoms with Gasteiger partial charge < -0.3 is 4.90 Å². The first-order chi connectivity index (χ1) is 12.7. The minimum Gasteiger partial charge on any atom is -0.366 e. The van der Waals surface area contributed by atoms with Crippen molar-refractivity contribution < 1.29 is 4.92 Å². The molecule has 1 rings (SSSR count). The highest BCUT2D eigenvalue weighted by Crippen LogP contribution is 2.28. The standard InChI is InChI=1S/C22H38N2O2/c1-3-5-7-9-11-15-19-23(20-16-12-10-8-6-4-2)21-17-13-14-18-22(21)24(25)26/h13-14,17-18H,3-12,15-16,19-20H2,1-2H3. The van der Waals surface area contributed by atoms with Crippen LogP contribution < -0.4 is 4.90 Å². The van der Waals surface area contributed by atoms with Crippen LogP contribution in [0.15, 0.2) is 24.3 Å². The van der Waals surface area contributed by atoms with Crippen LogP contribution in [0.3, 0.4) is 0 Å². The van der Waals surface area contributed by atoms with Gasteiger partial charge in [-0.05, 0) is 18.9 Å². The Balaban J connectivity index is 2.56. The van der Waals surface area contributed by atoms with Gasteiger partial charge in [0.25, 0.3) is 5.69 Å². The lowest BCUT2D eigenvalue weighted by atomic mass is 10.1. The first-order valence-electron chi connectivity index (χ1n) is 10.7. The summed E-state index contributed by atoms with van der Waals surface area (Å²) in [6, 6.07) is 7.21. The minimum absolute atomic E-state index is 0.240. The Hall–Kier alpha value is -1.58. The van der Waals surface area contributed by atoms with E-state index in [4.69, 9.17) is 0 Å². The average Bonchev–Trinajstić information content (AvgIpc) is 2.65. The van der Waals surface area contributed by atoms with Crippen LogP contribution in [0.4, 0.5) is 11.4 Å². The van der Waals surface area contributed by atoms with Gasteiger partial charge in [0.15, 0.2) is 0 Å². The Kier molecular flexibility index (Phi) is 12.6. The highest BCUT2D eigenvalue weighted by atomic mass is 16.6. The van der Waals surface area contributed by atoms with E-state index >= 15 is 0 Å². The molecule has 0 unspecified atom stereocenters. The largest absolute Gasteiger partial charge is 0.366 e. The van der Waals surface area contributed by atoms with Gasteiger partial charge >= 0.3 is 0 Å². The Morgan fingerprint density at radius 1 is 0.769 bits per heavy atom. The first-order valence-corrected chi connectivity index (χ1v) is 10.7. The number of anilines is 1. The zero-order valence-electron chi connectivity index (χ0n) is 16.9. The Morgan fingerprint density at radius 3 is 1.73 bits per heavy atom. The molecule has 26 heavy (non-hydrogen) atoms. The molecule has 0 saturated heterocycles. The van der Waals surface area contributed by atoms with E-state index in [1.165, 1.54) is 64.2 Å². The molecule has 0 aliphatic rings. The van der Waals surface area contributed by atoms with Crippen molar-refractivity contribution in [2.24, 2.45) is 0 Å². The number of nitro benzene ring substituents is 1. The SMILES string of the molecule is CCCCCCCCN(CCCCCCCC)c1ccccc1[N+](=O)[O-]. The van der Waals surface area contributed by atoms with Gasteiger partial charge in [0.05, 0.1) is 4.92 Å². The third-order valence-corrected chi connectivity index (χ3v) is 4.98. The second-order valence-electron chi connectivity index (χ2n) is 7.27. The topological polar surface area (TPSA) is 46.4 Å². The lowest BCUT2D eigenvalue weighted by Crippen LogP contribution is -2.26. The van der Waals surface area contributed by atoms with E-state index in [1.807, 2.05) is 12.1 Å². The van der Waals surface area contributed by atoms with E-state index in [-0.39, 0.29) is 10.6 Å². The minimum atomic E-state index is -0.245. The summed E-state index contributed by atoms with van der Waals surface area (Å²) in [4.78, 5) is 13.4. The van der Waals surface area contributed by atoms with Gasteiger partial charge in [-0.2, -0.15) is 0 Å². The number of nitro groups is 1. The molecule has 0 fully saturated rings. The van der Waals surface area contributed by atoms with E-state index in [2.05, 4.69) is 18.7 Å². The fourth-order valence-electron chi connectivity index (χ4n) is 3.40. The number of nitrogens with zero attached hydrogens (tertiary/aromatic N) is 2. The van der Waals surface area contributed by atoms with Crippen molar-refractivity contribution in [3.8, 4) is 0 Å². The summed E-state index contributed by atoms with van der Waals surface area (Å²) in [6.07, 6.45) is 15.0. The van der Waals surface area contributed by atoms with Crippen molar-refractivity contribution in [2.45, 2.75) is 90.9 Å². The van der Waals surface area contributed by atoms with Gasteiger partial charge in [0.2, 0.25) is 0 Å². The molecule has 0 aliphatic carbocycles. The number of rotatable bonds is 16. The Bertz CT molecular complexity index is 475. The van der Waals surface area contributed by atoms with Crippen LogP contribution >= 0.6 is 0 Å². The van der Waals surface area contributed by atoms with Crippen molar-refractivity contribution >= 4 is 11.4 Å². The molecule has 1 aromatic carbocycles. The van der Waals surface area contributed by atoms with Crippen LogP contribution in [0, 0.1) is 10.1 Å². The van der Waals surface area contributed by atoms with E-state index < -0.39 is 0 Å². The van der Waals surface area contributed by atoms with Gasteiger partial charge in [-0.1, -0.05) is 90.2 Å². The van der Waals surface area contributed by atoms with Gasteiger partial charge in [-0.25, -0.2) is 0 Å². The van der Waals surface area contributed by atoms with Gasteiger partial charge in [-0.15, -0.1) is 0 Å². The highest BCUT2D eigenvalue weighted by Gasteiger charge is 2.18. The Morgan fingerprint density at radius 2 is 1.23 bits per heavy atom. The lowest BCUT2D eigenvalue weighted by molar-refractivity contribution is -0.384. The summed E-state index contributed by atoms with van der Waals surface area (Å²) in [5.41, 5.74) is 1.03. The van der Waals surface area contributed by atoms with Crippen molar-refractivity contribution in [3.63, 3.8) is 0 Å². The normalized spacial score (nSPS) is 10.8. The number of para-hydroxylation sites is 2. The molecular weight excluding hydrogens is 324 g/mol. The zero-order valence-corrected chi connectivity index (χ0v) is 16.9. The maximum Gasteiger partial charge on any atom is 0.292 e. The van der Waals surface area contributed by atoms with Gasteiger partial charge in [-0.3, -0.25) is 10.1 Å². The molecule has 0 spiro atoms. The predicted octanol–water partition coefficient (Wildman–Crippen LogP) is 7.12. The quantitative estimate of drug-likeness (QED) is 0.179. The molecule has 0 aliphatic heterocycles. The molecule has 0 atom stereocenters. The van der Waals surface area contributed by atoms with Crippen LogP contribution in [-0.4, -0.2) is 18.0 Å². The summed E-state index contributed by atoms with van der Waals surface area (Å²) in [5, 5.41) is 11.4. The summed E-state index contributed by atoms with van der Waals surface area (Å²) >= 11 is 0. The molecule has 0 N–H and O–H groups in total. The van der Waals surface area contributed by atoms with Crippen molar-refractivity contribution in [3.05, 3.63) is 34.4 Å². The molecule has 148 valence electrons. The summed E-state index contributed by atoms with van der Waals surface area (Å²) in [7, 11) is 0. The van der Waals surface area contributed by atoms with Crippen LogP contribution in [0.1, 0.15) is 90.9 Å². The third kappa shape index (κ3) is 9.21. The number of benzene rings is 1. The van der Waals surface area contributed by atoms with E-state index in [0.29, 0.717) is 0 Å². The Labute approximate surface area is 160 Å². The number of hydrogen-bond acceptors (Lipinski definition) is 3. The van der Waals surface area contributed by atoms with E-state index in [1.54, 1.807) is 12.1 Å². The molecule has 0 bridgehead atoms. The third-order valence-electron chi connectivity index (χ3n) is 4.98. The van der Waals surface area contributed by atoms with Crippen LogP contribution in [0.2, 0.25) is 0 Å². The maximum absolute atomic E-state index is 11.4. The molecule has 4 heteroatoms. The van der Waals surface area contributed by atoms with E-state index in [0.717, 1.165) is 31.6 Å². The van der Waals surface area contributed by atoms with Crippen molar-refractivity contribution in [2.75, 3.05) is 18.0 Å². The van der Waals surface area contributed by atoms with Crippen molar-refractivity contribution in [1.82, 2.24) is 0 Å². The molecule has 0 radical (unpaired) electrons. The molecule has 4 nitrogen and oxygen atoms in total. The average molecular weight is 363 g/mol. The van der Waals surface area contributed by atoms with E-state index in [9.17, 15) is 10.1 Å². The molecular formula is C22H38N2O2. The molecule has 0 saturated carbocycles. The van der Waals surface area contributed by atoms with Crippen LogP contribution in [0.5, 0.6) is 0 Å². The molecule has 1 aromatic rings. The monoisotopic (exact) mass is 362 g/mol. The number of unbranched alkanes of at least 4 members (excludes halogenated alkanes) is 10. The zero-order chi connectivity index (χ0) is 19.0. The lowest BCUT2D eigenvalue weighted by Gasteiger charge is -2.24. The smallest absolute Gasteiger partial charge is 0.292 e. The second kappa shape index (κ2) is 14.6. The number of hydrogen-bond donors (Lipinski definition) is 0. The fraction of sp³-hybridized carbons (Fsp3) is 0.727.